The highest BCUT2D eigenvalue weighted by Crippen LogP contribution is 2.28. The molecule has 0 radical (unpaired) electrons. The van der Waals surface area contributed by atoms with Crippen molar-refractivity contribution in [2.75, 3.05) is 13.6 Å². The van der Waals surface area contributed by atoms with Gasteiger partial charge in [0.25, 0.3) is 0 Å². The van der Waals surface area contributed by atoms with Crippen LogP contribution in [0.4, 0.5) is 0 Å². The van der Waals surface area contributed by atoms with Gasteiger partial charge in [0.1, 0.15) is 5.01 Å². The maximum absolute atomic E-state index is 4.60. The van der Waals surface area contributed by atoms with Crippen molar-refractivity contribution in [2.45, 2.75) is 26.4 Å². The third-order valence-electron chi connectivity index (χ3n) is 3.84. The summed E-state index contributed by atoms with van der Waals surface area (Å²) in [7, 11) is 2.16. The Hall–Kier alpha value is -1.98. The standard InChI is InChI=1S/C18H22N4S/c1-15-7-3-4-8-17(15)18-19-13-16(23-18)14-21(2)10-6-12-22-11-5-9-20-22/h3-5,7-9,11,13H,6,10,12,14H2,1-2H3. The predicted octanol–water partition coefficient (Wildman–Crippen LogP) is 3.84. The number of rotatable bonds is 7. The highest BCUT2D eigenvalue weighted by Gasteiger charge is 2.08. The van der Waals surface area contributed by atoms with Crippen molar-refractivity contribution in [2.24, 2.45) is 0 Å². The molecule has 0 saturated carbocycles. The molecule has 2 aromatic heterocycles. The van der Waals surface area contributed by atoms with Crippen LogP contribution in [0.5, 0.6) is 0 Å². The van der Waals surface area contributed by atoms with E-state index in [9.17, 15) is 0 Å². The number of aryl methyl sites for hydroxylation is 2. The van der Waals surface area contributed by atoms with Gasteiger partial charge in [-0.3, -0.25) is 4.68 Å². The van der Waals surface area contributed by atoms with E-state index in [1.54, 1.807) is 11.3 Å². The summed E-state index contributed by atoms with van der Waals surface area (Å²) in [6, 6.07) is 10.4. The van der Waals surface area contributed by atoms with Crippen LogP contribution in [0.25, 0.3) is 10.6 Å². The van der Waals surface area contributed by atoms with Gasteiger partial charge in [0.2, 0.25) is 0 Å². The molecule has 1 aromatic carbocycles. The minimum Gasteiger partial charge on any atom is -0.301 e. The zero-order valence-corrected chi connectivity index (χ0v) is 14.5. The van der Waals surface area contributed by atoms with Crippen molar-refractivity contribution in [3.63, 3.8) is 0 Å². The average molecular weight is 326 g/mol. The molecule has 0 N–H and O–H groups in total. The van der Waals surface area contributed by atoms with Crippen molar-refractivity contribution < 1.29 is 0 Å². The van der Waals surface area contributed by atoms with Gasteiger partial charge in [-0.25, -0.2) is 4.98 Å². The van der Waals surface area contributed by atoms with Gasteiger partial charge in [0.15, 0.2) is 0 Å². The number of nitrogens with zero attached hydrogens (tertiary/aromatic N) is 4. The van der Waals surface area contributed by atoms with Crippen molar-refractivity contribution in [1.82, 2.24) is 19.7 Å². The fraction of sp³-hybridized carbons (Fsp3) is 0.333. The second-order valence-corrected chi connectivity index (χ2v) is 6.92. The van der Waals surface area contributed by atoms with Crippen LogP contribution >= 0.6 is 11.3 Å². The van der Waals surface area contributed by atoms with E-state index in [1.807, 2.05) is 29.3 Å². The molecule has 0 saturated heterocycles. The fourth-order valence-electron chi connectivity index (χ4n) is 2.60. The molecule has 0 aliphatic rings. The molecule has 0 fully saturated rings. The topological polar surface area (TPSA) is 34.0 Å². The van der Waals surface area contributed by atoms with Gasteiger partial charge in [-0.1, -0.05) is 24.3 Å². The molecule has 3 rings (SSSR count). The highest BCUT2D eigenvalue weighted by atomic mass is 32.1. The van der Waals surface area contributed by atoms with Crippen LogP contribution in [-0.2, 0) is 13.1 Å². The Kier molecular flexibility index (Phi) is 5.20. The Labute approximate surface area is 141 Å². The van der Waals surface area contributed by atoms with E-state index in [-0.39, 0.29) is 0 Å². The normalized spacial score (nSPS) is 11.3. The predicted molar refractivity (Wildman–Crippen MR) is 95.5 cm³/mol. The fourth-order valence-corrected chi connectivity index (χ4v) is 3.68. The molecule has 4 nitrogen and oxygen atoms in total. The molecule has 2 heterocycles. The van der Waals surface area contributed by atoms with Gasteiger partial charge in [-0.2, -0.15) is 5.10 Å². The monoisotopic (exact) mass is 326 g/mol. The highest BCUT2D eigenvalue weighted by molar-refractivity contribution is 7.15. The lowest BCUT2D eigenvalue weighted by atomic mass is 10.1. The van der Waals surface area contributed by atoms with E-state index >= 15 is 0 Å². The van der Waals surface area contributed by atoms with Crippen molar-refractivity contribution in [3.05, 3.63) is 59.4 Å². The number of hydrogen-bond acceptors (Lipinski definition) is 4. The third-order valence-corrected chi connectivity index (χ3v) is 4.86. The summed E-state index contributed by atoms with van der Waals surface area (Å²) in [5, 5.41) is 5.35. The third kappa shape index (κ3) is 4.27. The zero-order chi connectivity index (χ0) is 16.1. The molecule has 0 bridgehead atoms. The van der Waals surface area contributed by atoms with Gasteiger partial charge in [-0.15, -0.1) is 11.3 Å². The molecule has 3 aromatic rings. The van der Waals surface area contributed by atoms with E-state index in [2.05, 4.69) is 53.2 Å². The largest absolute Gasteiger partial charge is 0.301 e. The van der Waals surface area contributed by atoms with E-state index in [4.69, 9.17) is 0 Å². The Balaban J connectivity index is 1.53. The molecule has 0 atom stereocenters. The smallest absolute Gasteiger partial charge is 0.123 e. The van der Waals surface area contributed by atoms with Crippen LogP contribution in [0.2, 0.25) is 0 Å². The van der Waals surface area contributed by atoms with E-state index < -0.39 is 0 Å². The van der Waals surface area contributed by atoms with Crippen molar-refractivity contribution in [3.8, 4) is 10.6 Å². The number of thiazole rings is 1. The lowest BCUT2D eigenvalue weighted by molar-refractivity contribution is 0.314. The number of benzene rings is 1. The van der Waals surface area contributed by atoms with Gasteiger partial charge < -0.3 is 4.90 Å². The molecule has 0 aliphatic carbocycles. The van der Waals surface area contributed by atoms with Gasteiger partial charge in [0.05, 0.1) is 0 Å². The lowest BCUT2D eigenvalue weighted by Gasteiger charge is -2.15. The first kappa shape index (κ1) is 15.9. The molecule has 23 heavy (non-hydrogen) atoms. The summed E-state index contributed by atoms with van der Waals surface area (Å²) >= 11 is 1.79. The summed E-state index contributed by atoms with van der Waals surface area (Å²) in [4.78, 5) is 8.25. The zero-order valence-electron chi connectivity index (χ0n) is 13.6. The van der Waals surface area contributed by atoms with Crippen LogP contribution < -0.4 is 0 Å². The first-order valence-corrected chi connectivity index (χ1v) is 8.71. The van der Waals surface area contributed by atoms with Gasteiger partial charge in [-0.05, 0) is 38.6 Å². The Morgan fingerprint density at radius 2 is 2.09 bits per heavy atom. The molecule has 120 valence electrons. The molecule has 0 spiro atoms. The molecule has 5 heteroatoms. The minimum atomic E-state index is 0.947. The second-order valence-electron chi connectivity index (χ2n) is 5.81. The molecular weight excluding hydrogens is 304 g/mol. The first-order valence-electron chi connectivity index (χ1n) is 7.89. The average Bonchev–Trinajstić information content (AvgIpc) is 3.20. The summed E-state index contributed by atoms with van der Waals surface area (Å²) < 4.78 is 1.98. The molecule has 0 unspecified atom stereocenters. The quantitative estimate of drug-likeness (QED) is 0.661. The van der Waals surface area contributed by atoms with Gasteiger partial charge in [0, 0.05) is 42.1 Å². The van der Waals surface area contributed by atoms with Crippen LogP contribution in [-0.4, -0.2) is 33.3 Å². The molecular formula is C18H22N4S. The van der Waals surface area contributed by atoms with Crippen LogP contribution in [0, 0.1) is 6.92 Å². The second kappa shape index (κ2) is 7.53. The Morgan fingerprint density at radius 1 is 1.22 bits per heavy atom. The van der Waals surface area contributed by atoms with Crippen LogP contribution in [0.15, 0.2) is 48.9 Å². The summed E-state index contributed by atoms with van der Waals surface area (Å²) in [5.41, 5.74) is 2.52. The van der Waals surface area contributed by atoms with Crippen LogP contribution in [0.1, 0.15) is 16.9 Å². The maximum atomic E-state index is 4.60. The van der Waals surface area contributed by atoms with E-state index in [1.165, 1.54) is 16.0 Å². The number of hydrogen-bond donors (Lipinski definition) is 0. The van der Waals surface area contributed by atoms with Crippen molar-refractivity contribution in [1.29, 1.82) is 0 Å². The maximum Gasteiger partial charge on any atom is 0.123 e. The SMILES string of the molecule is Cc1ccccc1-c1ncc(CN(C)CCCn2cccn2)s1. The van der Waals surface area contributed by atoms with Crippen molar-refractivity contribution >= 4 is 11.3 Å². The number of aromatic nitrogens is 3. The molecule has 0 aliphatic heterocycles. The minimum absolute atomic E-state index is 0.947. The van der Waals surface area contributed by atoms with Gasteiger partial charge >= 0.3 is 0 Å². The Morgan fingerprint density at radius 3 is 2.87 bits per heavy atom. The summed E-state index contributed by atoms with van der Waals surface area (Å²) in [6.07, 6.45) is 6.95. The first-order chi connectivity index (χ1) is 11.2. The van der Waals surface area contributed by atoms with Crippen LogP contribution in [0.3, 0.4) is 0 Å². The lowest BCUT2D eigenvalue weighted by Crippen LogP contribution is -2.19. The summed E-state index contributed by atoms with van der Waals surface area (Å²) in [5.74, 6) is 0. The molecule has 0 amide bonds. The van der Waals surface area contributed by atoms with E-state index in [0.29, 0.717) is 0 Å². The Bertz CT molecular complexity index is 733. The van der Waals surface area contributed by atoms with E-state index in [0.717, 1.165) is 31.1 Å². The summed E-state index contributed by atoms with van der Waals surface area (Å²) in [6.45, 7) is 5.10.